The van der Waals surface area contributed by atoms with Crippen molar-refractivity contribution in [1.82, 2.24) is 13.9 Å². The average molecular weight is 304 g/mol. The Bertz CT molecular complexity index is 648. The van der Waals surface area contributed by atoms with Crippen LogP contribution in [0.5, 0.6) is 0 Å². The summed E-state index contributed by atoms with van der Waals surface area (Å²) in [5.74, 6) is 0.926. The molecule has 0 fully saturated rings. The molecule has 0 amide bonds. The van der Waals surface area contributed by atoms with Gasteiger partial charge in [0.25, 0.3) is 0 Å². The molecule has 0 saturated heterocycles. The monoisotopic (exact) mass is 304 g/mol. The highest BCUT2D eigenvalue weighted by Crippen LogP contribution is 2.35. The zero-order chi connectivity index (χ0) is 15.2. The lowest BCUT2D eigenvalue weighted by atomic mass is 9.93. The number of hydrogen-bond acceptors (Lipinski definition) is 4. The van der Waals surface area contributed by atoms with Crippen LogP contribution >= 0.6 is 11.5 Å². The van der Waals surface area contributed by atoms with Crippen molar-refractivity contribution in [3.05, 3.63) is 28.8 Å². The van der Waals surface area contributed by atoms with Crippen LogP contribution in [0.25, 0.3) is 0 Å². The standard InChI is InChI=1S/C16H24N4S/c1-10-9-11-12(7-6-8-13(11)20(10)5)17-15-18-14(19-21-15)16(2,3)4/h9,12H,6-8H2,1-5H3,(H,17,18,19). The molecule has 1 atom stereocenters. The van der Waals surface area contributed by atoms with E-state index in [0.29, 0.717) is 6.04 Å². The molecule has 0 aromatic carbocycles. The molecule has 1 aliphatic carbocycles. The highest BCUT2D eigenvalue weighted by atomic mass is 32.1. The highest BCUT2D eigenvalue weighted by molar-refractivity contribution is 7.09. The molecular weight excluding hydrogens is 280 g/mol. The van der Waals surface area contributed by atoms with Crippen LogP contribution < -0.4 is 5.32 Å². The van der Waals surface area contributed by atoms with Gasteiger partial charge < -0.3 is 9.88 Å². The summed E-state index contributed by atoms with van der Waals surface area (Å²) in [6.45, 7) is 8.63. The molecule has 4 nitrogen and oxygen atoms in total. The van der Waals surface area contributed by atoms with Crippen LogP contribution in [-0.4, -0.2) is 13.9 Å². The van der Waals surface area contributed by atoms with E-state index in [1.165, 1.54) is 47.7 Å². The SMILES string of the molecule is Cc1cc2c(n1C)CCCC2Nc1nc(C(C)(C)C)ns1. The molecule has 0 spiro atoms. The minimum Gasteiger partial charge on any atom is -0.353 e. The molecule has 1 N–H and O–H groups in total. The third-order valence-electron chi connectivity index (χ3n) is 4.31. The Morgan fingerprint density at radius 3 is 2.81 bits per heavy atom. The van der Waals surface area contributed by atoms with Crippen molar-refractivity contribution < 1.29 is 0 Å². The average Bonchev–Trinajstić information content (AvgIpc) is 2.98. The number of fused-ring (bicyclic) bond motifs is 1. The van der Waals surface area contributed by atoms with Gasteiger partial charge >= 0.3 is 0 Å². The molecule has 0 bridgehead atoms. The zero-order valence-corrected chi connectivity index (χ0v) is 14.3. The molecule has 3 rings (SSSR count). The minimum absolute atomic E-state index is 0.0114. The molecule has 0 radical (unpaired) electrons. The van der Waals surface area contributed by atoms with Crippen LogP contribution in [0, 0.1) is 6.92 Å². The van der Waals surface area contributed by atoms with Crippen molar-refractivity contribution in [3.8, 4) is 0 Å². The van der Waals surface area contributed by atoms with E-state index in [4.69, 9.17) is 0 Å². The Balaban J connectivity index is 1.84. The predicted octanol–water partition coefficient (Wildman–Crippen LogP) is 3.97. The van der Waals surface area contributed by atoms with Crippen LogP contribution in [0.3, 0.4) is 0 Å². The lowest BCUT2D eigenvalue weighted by molar-refractivity contribution is 0.552. The van der Waals surface area contributed by atoms with Gasteiger partial charge in [-0.05, 0) is 37.8 Å². The number of rotatable bonds is 2. The molecule has 0 saturated carbocycles. The van der Waals surface area contributed by atoms with E-state index in [1.807, 2.05) is 0 Å². The first-order valence-electron chi connectivity index (χ1n) is 7.62. The third-order valence-corrected chi connectivity index (χ3v) is 4.95. The largest absolute Gasteiger partial charge is 0.353 e. The maximum atomic E-state index is 4.67. The van der Waals surface area contributed by atoms with E-state index < -0.39 is 0 Å². The van der Waals surface area contributed by atoms with E-state index in [0.717, 1.165) is 11.0 Å². The summed E-state index contributed by atoms with van der Waals surface area (Å²) in [6, 6.07) is 2.69. The molecule has 1 unspecified atom stereocenters. The van der Waals surface area contributed by atoms with Gasteiger partial charge in [-0.25, -0.2) is 4.98 Å². The minimum atomic E-state index is 0.0114. The first-order chi connectivity index (χ1) is 9.86. The van der Waals surface area contributed by atoms with Gasteiger partial charge in [-0.15, -0.1) is 0 Å². The van der Waals surface area contributed by atoms with Crippen molar-refractivity contribution >= 4 is 16.7 Å². The van der Waals surface area contributed by atoms with Gasteiger partial charge in [0.15, 0.2) is 0 Å². The summed E-state index contributed by atoms with van der Waals surface area (Å²) in [6.07, 6.45) is 3.58. The van der Waals surface area contributed by atoms with Gasteiger partial charge in [-0.2, -0.15) is 4.37 Å². The number of nitrogens with zero attached hydrogens (tertiary/aromatic N) is 3. The van der Waals surface area contributed by atoms with Crippen molar-refractivity contribution in [2.75, 3.05) is 5.32 Å². The van der Waals surface area contributed by atoms with E-state index in [1.54, 1.807) is 0 Å². The second-order valence-electron chi connectivity index (χ2n) is 7.01. The van der Waals surface area contributed by atoms with Crippen molar-refractivity contribution in [2.24, 2.45) is 7.05 Å². The zero-order valence-electron chi connectivity index (χ0n) is 13.5. The summed E-state index contributed by atoms with van der Waals surface area (Å²) < 4.78 is 6.82. The fourth-order valence-electron chi connectivity index (χ4n) is 2.94. The normalized spacial score (nSPS) is 18.6. The number of nitrogens with one attached hydrogen (secondary N) is 1. The van der Waals surface area contributed by atoms with Crippen LogP contribution in [0.15, 0.2) is 6.07 Å². The van der Waals surface area contributed by atoms with Crippen molar-refractivity contribution in [1.29, 1.82) is 0 Å². The van der Waals surface area contributed by atoms with Gasteiger partial charge in [0.2, 0.25) is 5.13 Å². The second-order valence-corrected chi connectivity index (χ2v) is 7.76. The summed E-state index contributed by atoms with van der Waals surface area (Å²) in [4.78, 5) is 4.67. The van der Waals surface area contributed by atoms with Crippen molar-refractivity contribution in [3.63, 3.8) is 0 Å². The number of aromatic nitrogens is 3. The maximum Gasteiger partial charge on any atom is 0.203 e. The number of anilines is 1. The third kappa shape index (κ3) is 2.71. The first kappa shape index (κ1) is 14.6. The van der Waals surface area contributed by atoms with Gasteiger partial charge in [-0.3, -0.25) is 0 Å². The molecule has 0 aliphatic heterocycles. The Labute approximate surface area is 130 Å². The fourth-order valence-corrected chi connectivity index (χ4v) is 3.75. The molecule has 2 aromatic rings. The Morgan fingerprint density at radius 2 is 2.14 bits per heavy atom. The topological polar surface area (TPSA) is 42.7 Å². The molecule has 2 aromatic heterocycles. The van der Waals surface area contributed by atoms with E-state index in [2.05, 4.69) is 60.1 Å². The number of hydrogen-bond donors (Lipinski definition) is 1. The first-order valence-corrected chi connectivity index (χ1v) is 8.39. The van der Waals surface area contributed by atoms with Crippen molar-refractivity contribution in [2.45, 2.75) is 58.4 Å². The summed E-state index contributed by atoms with van der Waals surface area (Å²) in [5, 5.41) is 4.55. The van der Waals surface area contributed by atoms with Gasteiger partial charge in [0.1, 0.15) is 5.82 Å². The fraction of sp³-hybridized carbons (Fsp3) is 0.625. The predicted molar refractivity (Wildman–Crippen MR) is 88.1 cm³/mol. The van der Waals surface area contributed by atoms with E-state index in [-0.39, 0.29) is 5.41 Å². The Morgan fingerprint density at radius 1 is 1.38 bits per heavy atom. The summed E-state index contributed by atoms with van der Waals surface area (Å²) in [5.41, 5.74) is 4.25. The van der Waals surface area contributed by atoms with Gasteiger partial charge in [0.05, 0.1) is 6.04 Å². The molecule has 2 heterocycles. The van der Waals surface area contributed by atoms with Gasteiger partial charge in [0, 0.05) is 35.4 Å². The molecule has 5 heteroatoms. The second kappa shape index (κ2) is 5.13. The Kier molecular flexibility index (Phi) is 3.56. The maximum absolute atomic E-state index is 4.67. The Hall–Kier alpha value is -1.36. The highest BCUT2D eigenvalue weighted by Gasteiger charge is 2.25. The number of aryl methyl sites for hydroxylation is 1. The molecule has 1 aliphatic rings. The summed E-state index contributed by atoms with van der Waals surface area (Å²) >= 11 is 1.48. The summed E-state index contributed by atoms with van der Waals surface area (Å²) in [7, 11) is 2.17. The van der Waals surface area contributed by atoms with Crippen LogP contribution in [-0.2, 0) is 18.9 Å². The van der Waals surface area contributed by atoms with Crippen LogP contribution in [0.2, 0.25) is 0 Å². The smallest absolute Gasteiger partial charge is 0.203 e. The van der Waals surface area contributed by atoms with Crippen LogP contribution in [0.1, 0.15) is 62.4 Å². The lowest BCUT2D eigenvalue weighted by Gasteiger charge is -2.24. The molecule has 21 heavy (non-hydrogen) atoms. The quantitative estimate of drug-likeness (QED) is 0.913. The van der Waals surface area contributed by atoms with Crippen LogP contribution in [0.4, 0.5) is 5.13 Å². The van der Waals surface area contributed by atoms with E-state index >= 15 is 0 Å². The molecular formula is C16H24N4S. The van der Waals surface area contributed by atoms with Gasteiger partial charge in [-0.1, -0.05) is 20.8 Å². The van der Waals surface area contributed by atoms with E-state index in [9.17, 15) is 0 Å². The lowest BCUT2D eigenvalue weighted by Crippen LogP contribution is -2.18. The molecule has 114 valence electrons.